The highest BCUT2D eigenvalue weighted by atomic mass is 35.5. The summed E-state index contributed by atoms with van der Waals surface area (Å²) in [5, 5.41) is 6.52. The van der Waals surface area contributed by atoms with E-state index in [0.29, 0.717) is 6.54 Å². The quantitative estimate of drug-likeness (QED) is 0.252. The fourth-order valence-electron chi connectivity index (χ4n) is 4.05. The third-order valence-electron chi connectivity index (χ3n) is 5.99. The lowest BCUT2D eigenvalue weighted by atomic mass is 10.1. The van der Waals surface area contributed by atoms with E-state index >= 15 is 0 Å². The van der Waals surface area contributed by atoms with E-state index < -0.39 is 0 Å². The molecule has 174 valence electrons. The minimum Gasteiger partial charge on any atom is -0.338 e. The molecule has 0 saturated heterocycles. The second-order valence-corrected chi connectivity index (χ2v) is 8.81. The van der Waals surface area contributed by atoms with E-state index in [9.17, 15) is 9.18 Å². The molecule has 3 aromatic rings. The summed E-state index contributed by atoms with van der Waals surface area (Å²) in [5.41, 5.74) is 2.99. The summed E-state index contributed by atoms with van der Waals surface area (Å²) in [6, 6.07) is 24.0. The summed E-state index contributed by atoms with van der Waals surface area (Å²) in [6.07, 6.45) is 1.73. The van der Waals surface area contributed by atoms with Gasteiger partial charge in [-0.1, -0.05) is 54.1 Å². The van der Waals surface area contributed by atoms with Crippen molar-refractivity contribution in [1.29, 1.82) is 0 Å². The Kier molecular flexibility index (Phi) is 9.28. The lowest BCUT2D eigenvalue weighted by Gasteiger charge is -2.38. The molecule has 2 amide bonds. The van der Waals surface area contributed by atoms with Crippen molar-refractivity contribution in [1.82, 2.24) is 5.32 Å². The second kappa shape index (κ2) is 12.4. The van der Waals surface area contributed by atoms with Crippen LogP contribution in [0.4, 0.5) is 14.9 Å². The summed E-state index contributed by atoms with van der Waals surface area (Å²) in [5.74, 6) is -0.210. The van der Waals surface area contributed by atoms with Crippen molar-refractivity contribution in [3.05, 3.63) is 101 Å². The van der Waals surface area contributed by atoms with Gasteiger partial charge in [-0.25, -0.2) is 9.18 Å². The number of amides is 2. The normalized spacial score (nSPS) is 12.7. The van der Waals surface area contributed by atoms with Crippen molar-refractivity contribution >= 4 is 23.3 Å². The number of likely N-dealkylation sites (N-methyl/N-ethyl adjacent to an activating group) is 1. The van der Waals surface area contributed by atoms with Crippen LogP contribution < -0.4 is 10.6 Å². The smallest absolute Gasteiger partial charge is 0.319 e. The van der Waals surface area contributed by atoms with Crippen molar-refractivity contribution in [3.8, 4) is 0 Å². The predicted octanol–water partition coefficient (Wildman–Crippen LogP) is 6.27. The minimum absolute atomic E-state index is 0.206. The first-order valence-corrected chi connectivity index (χ1v) is 11.8. The first kappa shape index (κ1) is 24.7. The topological polar surface area (TPSA) is 41.1 Å². The summed E-state index contributed by atoms with van der Waals surface area (Å²) in [4.78, 5) is 12.2. The van der Waals surface area contributed by atoms with Crippen molar-refractivity contribution < 1.29 is 13.7 Å². The molecule has 0 aliphatic carbocycles. The van der Waals surface area contributed by atoms with Crippen molar-refractivity contribution in [2.75, 3.05) is 31.5 Å². The van der Waals surface area contributed by atoms with E-state index in [1.54, 1.807) is 12.1 Å². The minimum atomic E-state index is -0.210. The van der Waals surface area contributed by atoms with E-state index in [0.717, 1.165) is 59.8 Å². The largest absolute Gasteiger partial charge is 0.338 e. The maximum absolute atomic E-state index is 13.8. The molecule has 1 unspecified atom stereocenters. The molecule has 2 N–H and O–H groups in total. The van der Waals surface area contributed by atoms with Crippen molar-refractivity contribution in [2.24, 2.45) is 0 Å². The lowest BCUT2D eigenvalue weighted by Crippen LogP contribution is -2.50. The Labute approximate surface area is 201 Å². The van der Waals surface area contributed by atoms with Gasteiger partial charge >= 0.3 is 6.03 Å². The number of nitrogens with one attached hydrogen (secondary N) is 2. The molecule has 0 bridgehead atoms. The van der Waals surface area contributed by atoms with Crippen LogP contribution in [0.15, 0.2) is 78.9 Å². The highest BCUT2D eigenvalue weighted by molar-refractivity contribution is 6.30. The Hall–Kier alpha value is -2.89. The molecule has 3 aromatic carbocycles. The monoisotopic (exact) mass is 468 g/mol. The highest BCUT2D eigenvalue weighted by Crippen LogP contribution is 2.19. The van der Waals surface area contributed by atoms with Gasteiger partial charge < -0.3 is 15.1 Å². The molecule has 0 aliphatic heterocycles. The van der Waals surface area contributed by atoms with Crippen LogP contribution in [0, 0.1) is 5.82 Å². The first-order valence-electron chi connectivity index (χ1n) is 11.4. The van der Waals surface area contributed by atoms with Crippen LogP contribution in [-0.2, 0) is 13.0 Å². The third kappa shape index (κ3) is 8.19. The van der Waals surface area contributed by atoms with Gasteiger partial charge in [0.15, 0.2) is 0 Å². The molecule has 0 aliphatic rings. The van der Waals surface area contributed by atoms with Gasteiger partial charge in [0.05, 0.1) is 19.6 Å². The molecule has 3 rings (SSSR count). The number of para-hydroxylation sites is 1. The highest BCUT2D eigenvalue weighted by Gasteiger charge is 2.26. The average molecular weight is 469 g/mol. The van der Waals surface area contributed by atoms with Gasteiger partial charge in [0, 0.05) is 35.7 Å². The van der Waals surface area contributed by atoms with E-state index in [2.05, 4.69) is 29.7 Å². The number of anilines is 1. The van der Waals surface area contributed by atoms with Crippen LogP contribution in [0.3, 0.4) is 0 Å². The average Bonchev–Trinajstić information content (AvgIpc) is 2.82. The van der Waals surface area contributed by atoms with Crippen LogP contribution in [0.2, 0.25) is 5.02 Å². The van der Waals surface area contributed by atoms with E-state index in [1.807, 2.05) is 48.5 Å². The van der Waals surface area contributed by atoms with Gasteiger partial charge in [-0.15, -0.1) is 0 Å². The van der Waals surface area contributed by atoms with E-state index in [-0.39, 0.29) is 11.8 Å². The Morgan fingerprint density at radius 1 is 0.939 bits per heavy atom. The number of rotatable bonds is 11. The van der Waals surface area contributed by atoms with Crippen LogP contribution in [-0.4, -0.2) is 36.7 Å². The maximum Gasteiger partial charge on any atom is 0.319 e. The van der Waals surface area contributed by atoms with Crippen molar-refractivity contribution in [2.45, 2.75) is 26.3 Å². The molecule has 6 heteroatoms. The Morgan fingerprint density at radius 3 is 2.39 bits per heavy atom. The van der Waals surface area contributed by atoms with Crippen LogP contribution >= 0.6 is 11.6 Å². The Bertz CT molecular complexity index is 1010. The molecule has 0 heterocycles. The maximum atomic E-state index is 13.8. The summed E-state index contributed by atoms with van der Waals surface area (Å²) in [6.45, 7) is 6.22. The van der Waals surface area contributed by atoms with E-state index in [1.165, 1.54) is 11.6 Å². The van der Waals surface area contributed by atoms with Gasteiger partial charge in [0.25, 0.3) is 0 Å². The zero-order chi connectivity index (χ0) is 23.5. The molecule has 0 saturated carbocycles. The Balaban J connectivity index is 1.61. The number of halogens is 2. The first-order chi connectivity index (χ1) is 16.0. The molecule has 33 heavy (non-hydrogen) atoms. The fourth-order valence-corrected chi connectivity index (χ4v) is 4.18. The standard InChI is InChI=1S/C27H31ClFN3O/c1-2-32(21-23-8-6-9-25(29)20-23,19-16-22-12-14-24(28)15-13-22)18-7-17-30-27(33)31-26-10-4-3-5-11-26/h3-6,8-15,20H,2,7,16-19,21H2,1H3,(H-,30,31,33)/p+1. The number of nitrogens with zero attached hydrogens (tertiary/aromatic N) is 1. The predicted molar refractivity (Wildman–Crippen MR) is 134 cm³/mol. The van der Waals surface area contributed by atoms with Gasteiger partial charge in [0.2, 0.25) is 0 Å². The molecule has 0 aromatic heterocycles. The van der Waals surface area contributed by atoms with Gasteiger partial charge in [-0.05, 0) is 48.9 Å². The van der Waals surface area contributed by atoms with Gasteiger partial charge in [0.1, 0.15) is 12.4 Å². The number of hydrogen-bond donors (Lipinski definition) is 2. The number of urea groups is 1. The lowest BCUT2D eigenvalue weighted by molar-refractivity contribution is -0.939. The summed E-state index contributed by atoms with van der Waals surface area (Å²) < 4.78 is 14.6. The molecule has 0 fully saturated rings. The summed E-state index contributed by atoms with van der Waals surface area (Å²) in [7, 11) is 0. The third-order valence-corrected chi connectivity index (χ3v) is 6.24. The summed E-state index contributed by atoms with van der Waals surface area (Å²) >= 11 is 6.03. The van der Waals surface area contributed by atoms with Gasteiger partial charge in [-0.3, -0.25) is 0 Å². The van der Waals surface area contributed by atoms with E-state index in [4.69, 9.17) is 11.6 Å². The zero-order valence-corrected chi connectivity index (χ0v) is 19.8. The van der Waals surface area contributed by atoms with Crippen LogP contribution in [0.5, 0.6) is 0 Å². The number of benzene rings is 3. The fraction of sp³-hybridized carbons (Fsp3) is 0.296. The number of carbonyl (C=O) groups excluding carboxylic acids is 1. The van der Waals surface area contributed by atoms with Crippen LogP contribution in [0.25, 0.3) is 0 Å². The molecule has 4 nitrogen and oxygen atoms in total. The zero-order valence-electron chi connectivity index (χ0n) is 19.1. The molecule has 0 radical (unpaired) electrons. The van der Waals surface area contributed by atoms with Gasteiger partial charge in [-0.2, -0.15) is 0 Å². The van der Waals surface area contributed by atoms with Crippen molar-refractivity contribution in [3.63, 3.8) is 0 Å². The molecule has 0 spiro atoms. The Morgan fingerprint density at radius 2 is 1.70 bits per heavy atom. The number of quaternary nitrogens is 1. The molecular formula is C27H32ClFN3O+. The molecule has 1 atom stereocenters. The molecular weight excluding hydrogens is 437 g/mol. The number of carbonyl (C=O) groups is 1. The van der Waals surface area contributed by atoms with Crippen LogP contribution in [0.1, 0.15) is 24.5 Å². The SMILES string of the molecule is CC[N+](CCCNC(=O)Nc1ccccc1)(CCc1ccc(Cl)cc1)Cc1cccc(F)c1. The number of hydrogen-bond acceptors (Lipinski definition) is 1. The second-order valence-electron chi connectivity index (χ2n) is 8.37.